The van der Waals surface area contributed by atoms with Crippen LogP contribution in [0.1, 0.15) is 29.4 Å². The Morgan fingerprint density at radius 3 is 2.46 bits per heavy atom. The van der Waals surface area contributed by atoms with Crippen LogP contribution in [0.25, 0.3) is 5.69 Å². The van der Waals surface area contributed by atoms with Gasteiger partial charge in [-0.2, -0.15) is 0 Å². The van der Waals surface area contributed by atoms with E-state index in [2.05, 4.69) is 15.6 Å². The summed E-state index contributed by atoms with van der Waals surface area (Å²) < 4.78 is 7.17. The highest BCUT2D eigenvalue weighted by Crippen LogP contribution is 2.29. The number of amides is 2. The molecule has 0 unspecified atom stereocenters. The van der Waals surface area contributed by atoms with Crippen LogP contribution in [0, 0.1) is 27.7 Å². The second kappa shape index (κ2) is 6.78. The zero-order valence-electron chi connectivity index (χ0n) is 15.7. The SMILES string of the molecule is CC(=O)NC[C@H]1CN(c2cc(C)c(-n3nnc(C)c3C)c(C)c2)C(=O)O1. The summed E-state index contributed by atoms with van der Waals surface area (Å²) in [5, 5.41) is 11.0. The number of rotatable bonds is 4. The smallest absolute Gasteiger partial charge is 0.414 e. The Morgan fingerprint density at radius 2 is 1.92 bits per heavy atom. The lowest BCUT2D eigenvalue weighted by Gasteiger charge is -2.18. The molecular weight excluding hydrogens is 334 g/mol. The number of nitrogens with zero attached hydrogens (tertiary/aromatic N) is 4. The highest BCUT2D eigenvalue weighted by molar-refractivity contribution is 5.90. The number of aryl methyl sites for hydroxylation is 3. The molecule has 8 nitrogen and oxygen atoms in total. The minimum atomic E-state index is -0.403. The van der Waals surface area contributed by atoms with E-state index in [0.29, 0.717) is 13.1 Å². The summed E-state index contributed by atoms with van der Waals surface area (Å²) in [5.41, 5.74) is 5.59. The lowest BCUT2D eigenvalue weighted by atomic mass is 10.1. The molecule has 3 rings (SSSR count). The topological polar surface area (TPSA) is 89.4 Å². The lowest BCUT2D eigenvalue weighted by Crippen LogP contribution is -2.33. The van der Waals surface area contributed by atoms with Crippen molar-refractivity contribution in [2.45, 2.75) is 40.7 Å². The van der Waals surface area contributed by atoms with E-state index in [1.165, 1.54) is 6.92 Å². The van der Waals surface area contributed by atoms with Gasteiger partial charge in [0.1, 0.15) is 6.10 Å². The molecule has 0 radical (unpaired) electrons. The Bertz CT molecular complexity index is 851. The molecule has 8 heteroatoms. The van der Waals surface area contributed by atoms with E-state index in [9.17, 15) is 9.59 Å². The van der Waals surface area contributed by atoms with Gasteiger partial charge in [0.2, 0.25) is 5.91 Å². The highest BCUT2D eigenvalue weighted by atomic mass is 16.6. The third kappa shape index (κ3) is 3.26. The van der Waals surface area contributed by atoms with Crippen LogP contribution in [0.4, 0.5) is 10.5 Å². The largest absolute Gasteiger partial charge is 0.442 e. The van der Waals surface area contributed by atoms with E-state index in [-0.39, 0.29) is 12.0 Å². The number of ether oxygens (including phenoxy) is 1. The number of benzene rings is 1. The van der Waals surface area contributed by atoms with Gasteiger partial charge in [-0.15, -0.1) is 5.10 Å². The van der Waals surface area contributed by atoms with E-state index in [0.717, 1.165) is 33.9 Å². The summed E-state index contributed by atoms with van der Waals surface area (Å²) in [7, 11) is 0. The summed E-state index contributed by atoms with van der Waals surface area (Å²) in [6.07, 6.45) is -0.758. The van der Waals surface area contributed by atoms with E-state index in [4.69, 9.17) is 4.74 Å². The Kier molecular flexibility index (Phi) is 4.67. The number of anilines is 1. The third-order valence-electron chi connectivity index (χ3n) is 4.58. The van der Waals surface area contributed by atoms with Gasteiger partial charge in [-0.3, -0.25) is 9.69 Å². The quantitative estimate of drug-likeness (QED) is 0.903. The zero-order chi connectivity index (χ0) is 19.0. The first kappa shape index (κ1) is 17.9. The van der Waals surface area contributed by atoms with Gasteiger partial charge >= 0.3 is 6.09 Å². The Labute approximate surface area is 152 Å². The standard InChI is InChI=1S/C18H23N5O3/c1-10-6-15(22-9-16(26-18(22)25)8-19-14(5)24)7-11(2)17(10)23-13(4)12(3)20-21-23/h6-7,16H,8-9H2,1-5H3,(H,19,24)/t16-/m0/s1. The average molecular weight is 357 g/mol. The first-order valence-electron chi connectivity index (χ1n) is 8.51. The van der Waals surface area contributed by atoms with Crippen LogP contribution >= 0.6 is 0 Å². The third-order valence-corrected chi connectivity index (χ3v) is 4.58. The average Bonchev–Trinajstić information content (AvgIpc) is 3.09. The van der Waals surface area contributed by atoms with Gasteiger partial charge in [-0.1, -0.05) is 5.21 Å². The van der Waals surface area contributed by atoms with Crippen LogP contribution in [-0.2, 0) is 9.53 Å². The van der Waals surface area contributed by atoms with Crippen LogP contribution in [-0.4, -0.2) is 46.2 Å². The molecule has 1 aliphatic heterocycles. The molecule has 2 heterocycles. The monoisotopic (exact) mass is 357 g/mol. The van der Waals surface area contributed by atoms with Crippen molar-refractivity contribution in [2.24, 2.45) is 0 Å². The minimum absolute atomic E-state index is 0.144. The molecule has 0 aliphatic carbocycles. The van der Waals surface area contributed by atoms with Crippen LogP contribution < -0.4 is 10.2 Å². The number of nitrogens with one attached hydrogen (secondary N) is 1. The van der Waals surface area contributed by atoms with Crippen LogP contribution in [0.3, 0.4) is 0 Å². The molecule has 0 saturated carbocycles. The highest BCUT2D eigenvalue weighted by Gasteiger charge is 2.33. The molecule has 26 heavy (non-hydrogen) atoms. The fraction of sp³-hybridized carbons (Fsp3) is 0.444. The molecule has 0 bridgehead atoms. The van der Waals surface area contributed by atoms with Gasteiger partial charge in [0.15, 0.2) is 0 Å². The van der Waals surface area contributed by atoms with Gasteiger partial charge < -0.3 is 10.1 Å². The number of carbonyl (C=O) groups excluding carboxylic acids is 2. The zero-order valence-corrected chi connectivity index (χ0v) is 15.7. The minimum Gasteiger partial charge on any atom is -0.442 e. The number of carbonyl (C=O) groups is 2. The molecule has 1 aromatic carbocycles. The van der Waals surface area contributed by atoms with Crippen LogP contribution in [0.2, 0.25) is 0 Å². The first-order chi connectivity index (χ1) is 12.3. The number of hydrogen-bond acceptors (Lipinski definition) is 5. The fourth-order valence-electron chi connectivity index (χ4n) is 3.14. The second-order valence-electron chi connectivity index (χ2n) is 6.65. The molecule has 2 aromatic rings. The molecule has 1 fully saturated rings. The summed E-state index contributed by atoms with van der Waals surface area (Å²) in [4.78, 5) is 24.9. The summed E-state index contributed by atoms with van der Waals surface area (Å²) in [5.74, 6) is -0.144. The van der Waals surface area contributed by atoms with Crippen molar-refractivity contribution < 1.29 is 14.3 Å². The Morgan fingerprint density at radius 1 is 1.27 bits per heavy atom. The van der Waals surface area contributed by atoms with Gasteiger partial charge in [0, 0.05) is 12.6 Å². The van der Waals surface area contributed by atoms with Gasteiger partial charge in [0.25, 0.3) is 0 Å². The Balaban J connectivity index is 1.87. The van der Waals surface area contributed by atoms with E-state index < -0.39 is 6.09 Å². The number of hydrogen-bond donors (Lipinski definition) is 1. The summed E-state index contributed by atoms with van der Waals surface area (Å²) in [6.45, 7) is 10.0. The van der Waals surface area contributed by atoms with Crippen molar-refractivity contribution in [1.29, 1.82) is 0 Å². The molecule has 1 saturated heterocycles. The van der Waals surface area contributed by atoms with E-state index >= 15 is 0 Å². The predicted molar refractivity (Wildman–Crippen MR) is 96.6 cm³/mol. The van der Waals surface area contributed by atoms with Crippen molar-refractivity contribution in [3.05, 3.63) is 34.6 Å². The first-order valence-corrected chi connectivity index (χ1v) is 8.51. The molecule has 0 spiro atoms. The number of aromatic nitrogens is 3. The van der Waals surface area contributed by atoms with Crippen LogP contribution in [0.5, 0.6) is 0 Å². The summed E-state index contributed by atoms with van der Waals surface area (Å²) >= 11 is 0. The summed E-state index contributed by atoms with van der Waals surface area (Å²) in [6, 6.07) is 3.89. The molecule has 138 valence electrons. The van der Waals surface area contributed by atoms with Gasteiger partial charge in [-0.05, 0) is 51.0 Å². The molecule has 1 aromatic heterocycles. The maximum absolute atomic E-state index is 12.2. The van der Waals surface area contributed by atoms with Crippen molar-refractivity contribution >= 4 is 17.7 Å². The molecule has 1 atom stereocenters. The van der Waals surface area contributed by atoms with Gasteiger partial charge in [-0.25, -0.2) is 9.48 Å². The lowest BCUT2D eigenvalue weighted by molar-refractivity contribution is -0.119. The predicted octanol–water partition coefficient (Wildman–Crippen LogP) is 1.96. The number of cyclic esters (lactones) is 1. The normalized spacial score (nSPS) is 16.7. The van der Waals surface area contributed by atoms with Crippen molar-refractivity contribution in [3.8, 4) is 5.69 Å². The maximum Gasteiger partial charge on any atom is 0.414 e. The van der Waals surface area contributed by atoms with Gasteiger partial charge in [0.05, 0.1) is 30.2 Å². The molecular formula is C18H23N5O3. The van der Waals surface area contributed by atoms with E-state index in [1.54, 1.807) is 4.90 Å². The van der Waals surface area contributed by atoms with E-state index in [1.807, 2.05) is 44.5 Å². The second-order valence-corrected chi connectivity index (χ2v) is 6.65. The fourth-order valence-corrected chi connectivity index (χ4v) is 3.14. The molecule has 2 amide bonds. The maximum atomic E-state index is 12.2. The molecule has 1 aliphatic rings. The molecule has 1 N–H and O–H groups in total. The van der Waals surface area contributed by atoms with Crippen molar-refractivity contribution in [1.82, 2.24) is 20.3 Å². The van der Waals surface area contributed by atoms with Crippen LogP contribution in [0.15, 0.2) is 12.1 Å². The van der Waals surface area contributed by atoms with Crippen molar-refractivity contribution in [2.75, 3.05) is 18.0 Å². The van der Waals surface area contributed by atoms with Crippen molar-refractivity contribution in [3.63, 3.8) is 0 Å². The Hall–Kier alpha value is -2.90.